The van der Waals surface area contributed by atoms with Gasteiger partial charge >= 0.3 is 0 Å². The molecular weight excluding hydrogens is 857 g/mol. The average Bonchev–Trinajstić information content (AvgIpc) is 3.94. The summed E-state index contributed by atoms with van der Waals surface area (Å²) in [6.45, 7) is 0. The van der Waals surface area contributed by atoms with Gasteiger partial charge in [0.25, 0.3) is 0 Å². The molecule has 2 aromatic heterocycles. The van der Waals surface area contributed by atoms with Gasteiger partial charge in [-0.2, -0.15) is 0 Å². The van der Waals surface area contributed by atoms with Gasteiger partial charge in [0.1, 0.15) is 5.76 Å². The van der Waals surface area contributed by atoms with Crippen LogP contribution in [0.1, 0.15) is 40.7 Å². The molecule has 330 valence electrons. The molecule has 0 atom stereocenters. The summed E-state index contributed by atoms with van der Waals surface area (Å²) < 4.78 is 16.2. The van der Waals surface area contributed by atoms with Crippen LogP contribution in [0.3, 0.4) is 0 Å². The molecule has 0 bridgehead atoms. The van der Waals surface area contributed by atoms with Crippen molar-refractivity contribution in [3.8, 4) is 62.5 Å². The molecule has 6 nitrogen and oxygen atoms in total. The molecule has 3 aliphatic rings. The maximum absolute atomic E-state index is 7.00. The van der Waals surface area contributed by atoms with E-state index in [1.54, 1.807) is 0 Å². The van der Waals surface area contributed by atoms with Gasteiger partial charge in [0.05, 0.1) is 16.4 Å². The predicted molar refractivity (Wildman–Crippen MR) is 280 cm³/mol. The van der Waals surface area contributed by atoms with E-state index in [1.165, 1.54) is 49.6 Å². The summed E-state index contributed by atoms with van der Waals surface area (Å²) in [4.78, 5) is 15.2. The molecule has 0 unspecified atom stereocenters. The Balaban J connectivity index is 0.789. The summed E-state index contributed by atoms with van der Waals surface area (Å²) in [5, 5.41) is 2.46. The number of hydrogen-bond acceptors (Lipinski definition) is 5. The molecule has 0 fully saturated rings. The van der Waals surface area contributed by atoms with Crippen LogP contribution in [0.2, 0.25) is 0 Å². The molecule has 3 heterocycles. The second-order valence-electron chi connectivity index (χ2n) is 18.2. The molecule has 9 aromatic carbocycles. The van der Waals surface area contributed by atoms with Crippen molar-refractivity contribution in [3.63, 3.8) is 0 Å². The maximum Gasteiger partial charge on any atom is 0.177 e. The lowest BCUT2D eigenvalue weighted by Crippen LogP contribution is -2.28. The number of para-hydroxylation sites is 2. The molecule has 1 aliphatic heterocycles. The number of fused-ring (bicyclic) bond motifs is 8. The maximum atomic E-state index is 7.00. The summed E-state index contributed by atoms with van der Waals surface area (Å²) in [5.74, 6) is 4.96. The van der Waals surface area contributed by atoms with Gasteiger partial charge in [-0.05, 0) is 93.9 Å². The lowest BCUT2D eigenvalue weighted by molar-refractivity contribution is 0.292. The van der Waals surface area contributed by atoms with Gasteiger partial charge in [-0.1, -0.05) is 182 Å². The summed E-state index contributed by atoms with van der Waals surface area (Å²) in [7, 11) is 0. The van der Waals surface area contributed by atoms with Crippen molar-refractivity contribution in [2.24, 2.45) is 0 Å². The first-order valence-corrected chi connectivity index (χ1v) is 23.9. The fraction of sp³-hybridized carbons (Fsp3) is 0.0469. The van der Waals surface area contributed by atoms with Crippen LogP contribution in [-0.2, 0) is 5.41 Å². The Morgan fingerprint density at radius 1 is 0.414 bits per heavy atom. The van der Waals surface area contributed by atoms with Crippen LogP contribution in [0.15, 0.2) is 242 Å². The van der Waals surface area contributed by atoms with E-state index in [0.29, 0.717) is 23.9 Å². The van der Waals surface area contributed by atoms with Crippen LogP contribution in [0.5, 0.6) is 11.5 Å². The molecule has 0 spiro atoms. The summed E-state index contributed by atoms with van der Waals surface area (Å²) >= 11 is 0. The van der Waals surface area contributed by atoms with Crippen molar-refractivity contribution < 1.29 is 9.47 Å². The number of allylic oxidation sites excluding steroid dienone is 3. The first kappa shape index (κ1) is 40.0. The van der Waals surface area contributed by atoms with Gasteiger partial charge in [-0.25, -0.2) is 15.0 Å². The SMILES string of the molecule is C1=C(c2ccc(-c3nc(-c4ccccc4)nc(-c4ccc(-n5c6ccccc6c6ccccc65)cc4)n3)cc2)CCC2=C1Oc1ccc3c(c1O2)-c1ccccc1C3(c1ccccc1)c1ccccc1. The lowest BCUT2D eigenvalue weighted by atomic mass is 9.68. The highest BCUT2D eigenvalue weighted by Crippen LogP contribution is 2.61. The van der Waals surface area contributed by atoms with Gasteiger partial charge in [0, 0.05) is 45.1 Å². The highest BCUT2D eigenvalue weighted by Gasteiger charge is 2.48. The third-order valence-electron chi connectivity index (χ3n) is 14.3. The minimum absolute atomic E-state index is 0.514. The van der Waals surface area contributed by atoms with Crippen molar-refractivity contribution in [3.05, 3.63) is 270 Å². The Morgan fingerprint density at radius 2 is 0.929 bits per heavy atom. The molecule has 6 heteroatoms. The van der Waals surface area contributed by atoms with Crippen LogP contribution in [-0.4, -0.2) is 19.5 Å². The fourth-order valence-electron chi connectivity index (χ4n) is 11.1. The quantitative estimate of drug-likeness (QED) is 0.159. The van der Waals surface area contributed by atoms with Crippen molar-refractivity contribution in [2.75, 3.05) is 0 Å². The van der Waals surface area contributed by atoms with Gasteiger partial charge < -0.3 is 14.0 Å². The molecule has 2 aliphatic carbocycles. The van der Waals surface area contributed by atoms with Crippen LogP contribution in [0.4, 0.5) is 0 Å². The van der Waals surface area contributed by atoms with E-state index < -0.39 is 5.41 Å². The van der Waals surface area contributed by atoms with E-state index >= 15 is 0 Å². The monoisotopic (exact) mass is 898 g/mol. The van der Waals surface area contributed by atoms with E-state index in [9.17, 15) is 0 Å². The highest BCUT2D eigenvalue weighted by atomic mass is 16.6. The van der Waals surface area contributed by atoms with Gasteiger partial charge in [0.2, 0.25) is 0 Å². The van der Waals surface area contributed by atoms with Crippen LogP contribution in [0, 0.1) is 0 Å². The number of rotatable bonds is 7. The minimum atomic E-state index is -0.514. The topological polar surface area (TPSA) is 62.1 Å². The van der Waals surface area contributed by atoms with E-state index in [1.807, 2.05) is 30.3 Å². The van der Waals surface area contributed by atoms with Gasteiger partial charge in [-0.3, -0.25) is 0 Å². The molecule has 0 N–H and O–H groups in total. The Kier molecular flexibility index (Phi) is 9.14. The number of aromatic nitrogens is 4. The number of nitrogens with zero attached hydrogens (tertiary/aromatic N) is 4. The number of benzene rings is 9. The van der Waals surface area contributed by atoms with Crippen LogP contribution >= 0.6 is 0 Å². The Bertz CT molecular complexity index is 3820. The second kappa shape index (κ2) is 16.0. The van der Waals surface area contributed by atoms with Gasteiger partial charge in [-0.15, -0.1) is 0 Å². The Hall–Kier alpha value is -9.13. The van der Waals surface area contributed by atoms with E-state index in [2.05, 4.69) is 205 Å². The minimum Gasteiger partial charge on any atom is -0.453 e. The fourth-order valence-corrected chi connectivity index (χ4v) is 11.1. The third-order valence-corrected chi connectivity index (χ3v) is 14.3. The standard InChI is InChI=1S/C64H42N4O2/c1-4-16-42(17-5-1)61-65-62(67-63(66-61)44-32-35-48(36-33-44)68-54-26-14-11-22-49(54)50-23-12-15-27-55(50)68)43-30-28-41(29-31-43)45-34-38-56-58(40-45)69-57-39-37-53-59(60(57)70-56)51-24-10-13-25-52(51)64(53,46-18-6-2-7-19-46)47-20-8-3-9-21-47/h1-33,35-37,39-40H,34,38H2. The Labute approximate surface area is 405 Å². The van der Waals surface area contributed by atoms with Crippen molar-refractivity contribution >= 4 is 27.4 Å². The highest BCUT2D eigenvalue weighted by molar-refractivity contribution is 6.09. The second-order valence-corrected chi connectivity index (χ2v) is 18.2. The molecule has 0 saturated heterocycles. The van der Waals surface area contributed by atoms with Crippen molar-refractivity contribution in [2.45, 2.75) is 18.3 Å². The lowest BCUT2D eigenvalue weighted by Gasteiger charge is -2.34. The Morgan fingerprint density at radius 3 is 1.56 bits per heavy atom. The molecule has 0 saturated carbocycles. The van der Waals surface area contributed by atoms with Crippen LogP contribution < -0.4 is 9.47 Å². The molecule has 14 rings (SSSR count). The first-order valence-electron chi connectivity index (χ1n) is 23.9. The zero-order valence-corrected chi connectivity index (χ0v) is 38.0. The normalized spacial score (nSPS) is 14.3. The summed E-state index contributed by atoms with van der Waals surface area (Å²) in [6.07, 6.45) is 3.66. The molecule has 11 aromatic rings. The van der Waals surface area contributed by atoms with E-state index in [-0.39, 0.29) is 0 Å². The van der Waals surface area contributed by atoms with E-state index in [0.717, 1.165) is 68.5 Å². The predicted octanol–water partition coefficient (Wildman–Crippen LogP) is 15.2. The van der Waals surface area contributed by atoms with Gasteiger partial charge in [0.15, 0.2) is 34.7 Å². The van der Waals surface area contributed by atoms with Crippen molar-refractivity contribution in [1.29, 1.82) is 0 Å². The largest absolute Gasteiger partial charge is 0.453 e. The summed E-state index contributed by atoms with van der Waals surface area (Å²) in [6, 6.07) is 79.1. The first-order chi connectivity index (χ1) is 34.7. The van der Waals surface area contributed by atoms with E-state index in [4.69, 9.17) is 24.4 Å². The zero-order chi connectivity index (χ0) is 46.2. The number of hydrogen-bond donors (Lipinski definition) is 0. The molecular formula is C64H42N4O2. The average molecular weight is 899 g/mol. The summed E-state index contributed by atoms with van der Waals surface area (Å²) in [5.41, 5.74) is 15.1. The molecule has 0 amide bonds. The number of ether oxygens (including phenoxy) is 2. The molecule has 70 heavy (non-hydrogen) atoms. The smallest absolute Gasteiger partial charge is 0.177 e. The van der Waals surface area contributed by atoms with Crippen molar-refractivity contribution in [1.82, 2.24) is 19.5 Å². The van der Waals surface area contributed by atoms with Crippen LogP contribution in [0.25, 0.3) is 78.4 Å². The zero-order valence-electron chi connectivity index (χ0n) is 38.0. The molecule has 0 radical (unpaired) electrons. The third kappa shape index (κ3) is 6.23.